The van der Waals surface area contributed by atoms with Crippen molar-refractivity contribution in [2.45, 2.75) is 39.3 Å². The molecule has 2 aliphatic heterocycles. The summed E-state index contributed by atoms with van der Waals surface area (Å²) in [5.41, 5.74) is 6.25. The maximum absolute atomic E-state index is 12.6. The van der Waals surface area contributed by atoms with Crippen molar-refractivity contribution in [1.82, 2.24) is 9.80 Å². The van der Waals surface area contributed by atoms with Crippen LogP contribution in [0.15, 0.2) is 42.5 Å². The molecular weight excluding hydrogens is 322 g/mol. The van der Waals surface area contributed by atoms with Gasteiger partial charge in [0.05, 0.1) is 0 Å². The molecule has 1 saturated heterocycles. The number of nitrogens with one attached hydrogen (secondary N) is 1. The van der Waals surface area contributed by atoms with Gasteiger partial charge in [-0.25, -0.2) is 4.79 Å². The number of fused-ring (bicyclic) bond motifs is 1. The summed E-state index contributed by atoms with van der Waals surface area (Å²) in [5, 5.41) is 3.06. The Morgan fingerprint density at radius 1 is 1.04 bits per heavy atom. The van der Waals surface area contributed by atoms with Crippen LogP contribution in [0.2, 0.25) is 0 Å². The van der Waals surface area contributed by atoms with Crippen LogP contribution in [0.3, 0.4) is 0 Å². The highest BCUT2D eigenvalue weighted by molar-refractivity contribution is 5.89. The van der Waals surface area contributed by atoms with Gasteiger partial charge in [0.2, 0.25) is 0 Å². The largest absolute Gasteiger partial charge is 0.323 e. The molecule has 0 spiro atoms. The number of benzene rings is 2. The van der Waals surface area contributed by atoms with E-state index in [0.717, 1.165) is 44.7 Å². The molecule has 0 aromatic heterocycles. The van der Waals surface area contributed by atoms with E-state index >= 15 is 0 Å². The Bertz CT molecular complexity index is 817. The van der Waals surface area contributed by atoms with Crippen LogP contribution in [0.5, 0.6) is 0 Å². The number of carbonyl (C=O) groups excluding carboxylic acids is 1. The van der Waals surface area contributed by atoms with E-state index in [-0.39, 0.29) is 6.03 Å². The number of nitrogens with zero attached hydrogens (tertiary/aromatic N) is 2. The van der Waals surface area contributed by atoms with Crippen LogP contribution in [0, 0.1) is 13.8 Å². The van der Waals surface area contributed by atoms with Gasteiger partial charge in [-0.05, 0) is 61.1 Å². The predicted octanol–water partition coefficient (Wildman–Crippen LogP) is 3.97. The molecule has 2 aromatic carbocycles. The molecule has 2 heterocycles. The average molecular weight is 349 g/mol. The Hall–Kier alpha value is -2.33. The van der Waals surface area contributed by atoms with Gasteiger partial charge in [-0.3, -0.25) is 4.90 Å². The minimum absolute atomic E-state index is 0.0214. The first-order valence-corrected chi connectivity index (χ1v) is 9.54. The number of likely N-dealkylation sites (tertiary alicyclic amines) is 1. The van der Waals surface area contributed by atoms with Gasteiger partial charge in [0.25, 0.3) is 0 Å². The van der Waals surface area contributed by atoms with E-state index < -0.39 is 0 Å². The van der Waals surface area contributed by atoms with Crippen LogP contribution in [0.1, 0.15) is 28.7 Å². The number of carbonyl (C=O) groups is 1. The van der Waals surface area contributed by atoms with Crippen molar-refractivity contribution in [3.63, 3.8) is 0 Å². The molecule has 1 fully saturated rings. The standard InChI is InChI=1S/C22H27N3O/c1-16-7-8-20(13-17(16)2)23-22(26)25-12-10-21(15-25)24-11-9-18-5-3-4-6-19(18)14-24/h3-8,13,21H,9-12,14-15H2,1-2H3,(H,23,26). The molecule has 136 valence electrons. The summed E-state index contributed by atoms with van der Waals surface area (Å²) >= 11 is 0. The number of aryl methyl sites for hydroxylation is 2. The first kappa shape index (κ1) is 17.1. The third-order valence-corrected chi connectivity index (χ3v) is 5.89. The van der Waals surface area contributed by atoms with Crippen molar-refractivity contribution in [2.24, 2.45) is 0 Å². The molecule has 2 aliphatic rings. The quantitative estimate of drug-likeness (QED) is 0.890. The van der Waals surface area contributed by atoms with Crippen LogP contribution in [0.25, 0.3) is 0 Å². The molecule has 0 saturated carbocycles. The molecule has 1 N–H and O–H groups in total. The van der Waals surface area contributed by atoms with E-state index in [1.807, 2.05) is 17.0 Å². The van der Waals surface area contributed by atoms with Gasteiger partial charge >= 0.3 is 6.03 Å². The summed E-state index contributed by atoms with van der Waals surface area (Å²) in [6.07, 6.45) is 2.17. The summed E-state index contributed by atoms with van der Waals surface area (Å²) in [5.74, 6) is 0. The fourth-order valence-corrected chi connectivity index (χ4v) is 4.08. The molecule has 0 bridgehead atoms. The second-order valence-corrected chi connectivity index (χ2v) is 7.61. The molecule has 1 atom stereocenters. The topological polar surface area (TPSA) is 35.6 Å². The molecule has 4 heteroatoms. The number of anilines is 1. The molecule has 0 radical (unpaired) electrons. The van der Waals surface area contributed by atoms with E-state index in [4.69, 9.17) is 0 Å². The first-order chi connectivity index (χ1) is 12.6. The van der Waals surface area contributed by atoms with E-state index in [0.29, 0.717) is 6.04 Å². The summed E-state index contributed by atoms with van der Waals surface area (Å²) < 4.78 is 0. The molecule has 1 unspecified atom stereocenters. The lowest BCUT2D eigenvalue weighted by molar-refractivity contribution is 0.177. The third kappa shape index (κ3) is 3.47. The number of rotatable bonds is 2. The second kappa shape index (κ2) is 7.12. The number of amides is 2. The number of hydrogen-bond donors (Lipinski definition) is 1. The molecule has 2 aromatic rings. The van der Waals surface area contributed by atoms with Crippen LogP contribution in [-0.2, 0) is 13.0 Å². The highest BCUT2D eigenvalue weighted by atomic mass is 16.2. The fourth-order valence-electron chi connectivity index (χ4n) is 4.08. The minimum atomic E-state index is 0.0214. The van der Waals surface area contributed by atoms with Gasteiger partial charge in [0.15, 0.2) is 0 Å². The minimum Gasteiger partial charge on any atom is -0.323 e. The molecular formula is C22H27N3O. The van der Waals surface area contributed by atoms with Gasteiger partial charge < -0.3 is 10.2 Å². The van der Waals surface area contributed by atoms with Crippen LogP contribution >= 0.6 is 0 Å². The van der Waals surface area contributed by atoms with Gasteiger partial charge in [0.1, 0.15) is 0 Å². The Balaban J connectivity index is 1.36. The average Bonchev–Trinajstić information content (AvgIpc) is 3.15. The monoisotopic (exact) mass is 349 g/mol. The van der Waals surface area contributed by atoms with Gasteiger partial charge in [-0.1, -0.05) is 30.3 Å². The summed E-state index contributed by atoms with van der Waals surface area (Å²) in [7, 11) is 0. The third-order valence-electron chi connectivity index (χ3n) is 5.89. The van der Waals surface area contributed by atoms with Crippen molar-refractivity contribution < 1.29 is 4.79 Å². The maximum Gasteiger partial charge on any atom is 0.321 e. The Morgan fingerprint density at radius 3 is 2.65 bits per heavy atom. The normalized spacial score (nSPS) is 20.1. The lowest BCUT2D eigenvalue weighted by Crippen LogP contribution is -2.42. The van der Waals surface area contributed by atoms with E-state index in [2.05, 4.69) is 54.4 Å². The van der Waals surface area contributed by atoms with Gasteiger partial charge in [-0.2, -0.15) is 0 Å². The van der Waals surface area contributed by atoms with E-state index in [1.165, 1.54) is 22.3 Å². The Kier molecular flexibility index (Phi) is 4.68. The van der Waals surface area contributed by atoms with Crippen molar-refractivity contribution in [2.75, 3.05) is 25.0 Å². The highest BCUT2D eigenvalue weighted by Gasteiger charge is 2.32. The SMILES string of the molecule is Cc1ccc(NC(=O)N2CCC(N3CCc4ccccc4C3)C2)cc1C. The first-order valence-electron chi connectivity index (χ1n) is 9.54. The maximum atomic E-state index is 12.6. The van der Waals surface area contributed by atoms with Crippen molar-refractivity contribution >= 4 is 11.7 Å². The predicted molar refractivity (Wildman–Crippen MR) is 105 cm³/mol. The fraction of sp³-hybridized carbons (Fsp3) is 0.409. The van der Waals surface area contributed by atoms with Gasteiger partial charge in [0, 0.05) is 37.9 Å². The smallest absolute Gasteiger partial charge is 0.321 e. The molecule has 4 rings (SSSR count). The van der Waals surface area contributed by atoms with Crippen LogP contribution < -0.4 is 5.32 Å². The molecule has 2 amide bonds. The lowest BCUT2D eigenvalue weighted by Gasteiger charge is -2.33. The molecule has 4 nitrogen and oxygen atoms in total. The van der Waals surface area contributed by atoms with Crippen molar-refractivity contribution in [3.05, 3.63) is 64.7 Å². The highest BCUT2D eigenvalue weighted by Crippen LogP contribution is 2.25. The summed E-state index contributed by atoms with van der Waals surface area (Å²) in [6, 6.07) is 15.3. The number of hydrogen-bond acceptors (Lipinski definition) is 2. The second-order valence-electron chi connectivity index (χ2n) is 7.61. The van der Waals surface area contributed by atoms with E-state index in [1.54, 1.807) is 0 Å². The van der Waals surface area contributed by atoms with Crippen LogP contribution in [0.4, 0.5) is 10.5 Å². The molecule has 0 aliphatic carbocycles. The Morgan fingerprint density at radius 2 is 1.85 bits per heavy atom. The summed E-state index contributed by atoms with van der Waals surface area (Å²) in [4.78, 5) is 17.1. The number of urea groups is 1. The zero-order chi connectivity index (χ0) is 18.1. The van der Waals surface area contributed by atoms with Crippen molar-refractivity contribution in [1.29, 1.82) is 0 Å². The summed E-state index contributed by atoms with van der Waals surface area (Å²) in [6.45, 7) is 7.91. The van der Waals surface area contributed by atoms with Crippen molar-refractivity contribution in [3.8, 4) is 0 Å². The zero-order valence-electron chi connectivity index (χ0n) is 15.7. The van der Waals surface area contributed by atoms with Crippen LogP contribution in [-0.4, -0.2) is 41.5 Å². The lowest BCUT2D eigenvalue weighted by atomic mass is 9.98. The Labute approximate surface area is 155 Å². The zero-order valence-corrected chi connectivity index (χ0v) is 15.7. The molecule has 26 heavy (non-hydrogen) atoms. The van der Waals surface area contributed by atoms with Gasteiger partial charge in [-0.15, -0.1) is 0 Å². The van der Waals surface area contributed by atoms with E-state index in [9.17, 15) is 4.79 Å².